The molecule has 0 spiro atoms. The Morgan fingerprint density at radius 1 is 1.25 bits per heavy atom. The van der Waals surface area contributed by atoms with E-state index in [9.17, 15) is 9.18 Å². The van der Waals surface area contributed by atoms with Crippen molar-refractivity contribution in [2.24, 2.45) is 11.7 Å². The van der Waals surface area contributed by atoms with Gasteiger partial charge in [0.1, 0.15) is 5.82 Å². The molecule has 2 N–H and O–H groups in total. The fraction of sp³-hybridized carbons (Fsp3) is 0.316. The highest BCUT2D eigenvalue weighted by atomic mass is 35.5. The van der Waals surface area contributed by atoms with E-state index in [1.54, 1.807) is 6.07 Å². The number of carbonyl (C=O) groups excluding carboxylic acids is 1. The van der Waals surface area contributed by atoms with Gasteiger partial charge in [0, 0.05) is 18.7 Å². The lowest BCUT2D eigenvalue weighted by atomic mass is 9.99. The van der Waals surface area contributed by atoms with Gasteiger partial charge < -0.3 is 10.6 Å². The van der Waals surface area contributed by atoms with Crippen molar-refractivity contribution in [1.82, 2.24) is 4.90 Å². The summed E-state index contributed by atoms with van der Waals surface area (Å²) in [4.78, 5) is 14.4. The first-order valence-corrected chi connectivity index (χ1v) is 7.94. The van der Waals surface area contributed by atoms with Crippen molar-refractivity contribution in [2.75, 3.05) is 19.6 Å². The van der Waals surface area contributed by atoms with Crippen LogP contribution in [-0.2, 0) is 0 Å². The number of halogens is 2. The summed E-state index contributed by atoms with van der Waals surface area (Å²) in [6, 6.07) is 12.3. The van der Waals surface area contributed by atoms with Crippen LogP contribution in [0.15, 0.2) is 42.5 Å². The number of carbonyl (C=O) groups is 1. The Bertz CT molecular complexity index is 718. The number of aryl methyl sites for hydroxylation is 1. The molecule has 1 amide bonds. The Hall–Kier alpha value is -1.91. The van der Waals surface area contributed by atoms with Crippen LogP contribution in [0.3, 0.4) is 0 Å². The van der Waals surface area contributed by atoms with Crippen molar-refractivity contribution in [3.8, 4) is 11.1 Å². The number of hydrogen-bond donors (Lipinski definition) is 1. The van der Waals surface area contributed by atoms with E-state index < -0.39 is 0 Å². The van der Waals surface area contributed by atoms with Crippen molar-refractivity contribution in [3.05, 3.63) is 59.4 Å². The van der Waals surface area contributed by atoms with Crippen LogP contribution < -0.4 is 5.73 Å². The zero-order valence-electron chi connectivity index (χ0n) is 13.7. The number of amides is 1. The second-order valence-electron chi connectivity index (χ2n) is 6.18. The van der Waals surface area contributed by atoms with Crippen molar-refractivity contribution < 1.29 is 9.18 Å². The second kappa shape index (κ2) is 7.77. The van der Waals surface area contributed by atoms with Crippen LogP contribution in [-0.4, -0.2) is 30.4 Å². The fourth-order valence-electron chi connectivity index (χ4n) is 3.14. The maximum atomic E-state index is 13.2. The highest BCUT2D eigenvalue weighted by Crippen LogP contribution is 2.25. The molecule has 1 fully saturated rings. The van der Waals surface area contributed by atoms with Crippen LogP contribution in [0.25, 0.3) is 11.1 Å². The molecule has 1 aliphatic heterocycles. The molecule has 0 radical (unpaired) electrons. The predicted molar refractivity (Wildman–Crippen MR) is 96.9 cm³/mol. The molecule has 2 aromatic rings. The smallest absolute Gasteiger partial charge is 0.253 e. The molecule has 0 aromatic heterocycles. The summed E-state index contributed by atoms with van der Waals surface area (Å²) in [5.74, 6) is 0.241. The van der Waals surface area contributed by atoms with Gasteiger partial charge in [-0.1, -0.05) is 18.2 Å². The van der Waals surface area contributed by atoms with Crippen molar-refractivity contribution in [3.63, 3.8) is 0 Å². The molecule has 3 nitrogen and oxygen atoms in total. The van der Waals surface area contributed by atoms with Gasteiger partial charge in [0.05, 0.1) is 0 Å². The first kappa shape index (κ1) is 18.4. The fourth-order valence-corrected chi connectivity index (χ4v) is 3.14. The molecule has 5 heteroatoms. The van der Waals surface area contributed by atoms with Crippen LogP contribution in [0.4, 0.5) is 4.39 Å². The van der Waals surface area contributed by atoms with E-state index in [1.807, 2.05) is 36.1 Å². The number of hydrogen-bond acceptors (Lipinski definition) is 2. The molecule has 1 saturated heterocycles. The van der Waals surface area contributed by atoms with E-state index in [0.29, 0.717) is 18.0 Å². The summed E-state index contributed by atoms with van der Waals surface area (Å²) in [5, 5.41) is 0. The number of nitrogens with zero attached hydrogens (tertiary/aromatic N) is 1. The summed E-state index contributed by atoms with van der Waals surface area (Å²) < 4.78 is 13.2. The SMILES string of the molecule is Cc1cc(F)ccc1-c1ccc(C(=O)N2CCC(CN)C2)cc1.Cl. The third-order valence-electron chi connectivity index (χ3n) is 4.54. The molecule has 0 aliphatic carbocycles. The van der Waals surface area contributed by atoms with E-state index in [1.165, 1.54) is 12.1 Å². The maximum absolute atomic E-state index is 13.2. The van der Waals surface area contributed by atoms with E-state index >= 15 is 0 Å². The van der Waals surface area contributed by atoms with Crippen LogP contribution >= 0.6 is 12.4 Å². The van der Waals surface area contributed by atoms with Gasteiger partial charge in [-0.15, -0.1) is 12.4 Å². The zero-order chi connectivity index (χ0) is 16.4. The molecule has 1 unspecified atom stereocenters. The summed E-state index contributed by atoms with van der Waals surface area (Å²) in [6.07, 6.45) is 0.981. The van der Waals surface area contributed by atoms with Gasteiger partial charge in [0.2, 0.25) is 0 Å². The predicted octanol–water partition coefficient (Wildman–Crippen LogP) is 3.64. The largest absolute Gasteiger partial charge is 0.338 e. The van der Waals surface area contributed by atoms with Gasteiger partial charge >= 0.3 is 0 Å². The molecule has 0 bridgehead atoms. The zero-order valence-corrected chi connectivity index (χ0v) is 14.5. The van der Waals surface area contributed by atoms with Crippen LogP contribution in [0.2, 0.25) is 0 Å². The van der Waals surface area contributed by atoms with Crippen LogP contribution in [0.1, 0.15) is 22.3 Å². The summed E-state index contributed by atoms with van der Waals surface area (Å²) >= 11 is 0. The van der Waals surface area contributed by atoms with Gasteiger partial charge in [-0.05, 0) is 66.8 Å². The lowest BCUT2D eigenvalue weighted by molar-refractivity contribution is 0.0787. The number of likely N-dealkylation sites (tertiary alicyclic amines) is 1. The molecular weight excluding hydrogens is 327 g/mol. The summed E-state index contributed by atoms with van der Waals surface area (Å²) in [7, 11) is 0. The molecule has 0 saturated carbocycles. The lowest BCUT2D eigenvalue weighted by Gasteiger charge is -2.16. The number of rotatable bonds is 3. The Morgan fingerprint density at radius 2 is 1.96 bits per heavy atom. The van der Waals surface area contributed by atoms with Crippen molar-refractivity contribution in [1.29, 1.82) is 0 Å². The molecule has 24 heavy (non-hydrogen) atoms. The normalized spacial score (nSPS) is 16.8. The summed E-state index contributed by atoms with van der Waals surface area (Å²) in [6.45, 7) is 4.04. The Kier molecular flexibility index (Phi) is 5.97. The monoisotopic (exact) mass is 348 g/mol. The molecule has 1 aliphatic rings. The van der Waals surface area contributed by atoms with Gasteiger partial charge in [0.15, 0.2) is 0 Å². The van der Waals surface area contributed by atoms with E-state index in [-0.39, 0.29) is 24.1 Å². The molecule has 1 atom stereocenters. The minimum atomic E-state index is -0.235. The minimum Gasteiger partial charge on any atom is -0.338 e. The standard InChI is InChI=1S/C19H21FN2O.ClH/c1-13-10-17(20)6-7-18(13)15-2-4-16(5-3-15)19(23)22-9-8-14(11-21)12-22;/h2-7,10,14H,8-9,11-12,21H2,1H3;1H. The van der Waals surface area contributed by atoms with Gasteiger partial charge in [0.25, 0.3) is 5.91 Å². The van der Waals surface area contributed by atoms with Gasteiger partial charge in [-0.3, -0.25) is 4.79 Å². The lowest BCUT2D eigenvalue weighted by Crippen LogP contribution is -2.29. The minimum absolute atomic E-state index is 0. The third-order valence-corrected chi connectivity index (χ3v) is 4.54. The Morgan fingerprint density at radius 3 is 2.54 bits per heavy atom. The van der Waals surface area contributed by atoms with Crippen molar-refractivity contribution in [2.45, 2.75) is 13.3 Å². The number of benzene rings is 2. The van der Waals surface area contributed by atoms with E-state index in [0.717, 1.165) is 36.2 Å². The quantitative estimate of drug-likeness (QED) is 0.920. The highest BCUT2D eigenvalue weighted by molar-refractivity contribution is 5.95. The first-order chi connectivity index (χ1) is 11.1. The molecular formula is C19H22ClFN2O. The highest BCUT2D eigenvalue weighted by Gasteiger charge is 2.25. The Balaban J connectivity index is 0.00000208. The maximum Gasteiger partial charge on any atom is 0.253 e. The van der Waals surface area contributed by atoms with E-state index in [4.69, 9.17) is 5.73 Å². The second-order valence-corrected chi connectivity index (χ2v) is 6.18. The van der Waals surface area contributed by atoms with Crippen LogP contribution in [0, 0.1) is 18.7 Å². The Labute approximate surface area is 148 Å². The topological polar surface area (TPSA) is 46.3 Å². The van der Waals surface area contributed by atoms with E-state index in [2.05, 4.69) is 0 Å². The average molecular weight is 349 g/mol. The summed E-state index contributed by atoms with van der Waals surface area (Å²) in [5.41, 5.74) is 9.22. The van der Waals surface area contributed by atoms with Gasteiger partial charge in [-0.2, -0.15) is 0 Å². The molecule has 2 aromatic carbocycles. The third kappa shape index (κ3) is 3.77. The molecule has 128 valence electrons. The van der Waals surface area contributed by atoms with Crippen LogP contribution in [0.5, 0.6) is 0 Å². The van der Waals surface area contributed by atoms with Gasteiger partial charge in [-0.25, -0.2) is 4.39 Å². The first-order valence-electron chi connectivity index (χ1n) is 7.94. The van der Waals surface area contributed by atoms with Crippen molar-refractivity contribution >= 4 is 18.3 Å². The molecule has 1 heterocycles. The average Bonchev–Trinajstić information content (AvgIpc) is 3.03. The number of nitrogens with two attached hydrogens (primary N) is 1. The molecule has 3 rings (SSSR count).